The minimum atomic E-state index is -4.49. The Hall–Kier alpha value is -2.24. The first-order valence-electron chi connectivity index (χ1n) is 5.86. The Morgan fingerprint density at radius 1 is 1.15 bits per heavy atom. The maximum absolute atomic E-state index is 12.6. The van der Waals surface area contributed by atoms with Gasteiger partial charge in [-0.25, -0.2) is 4.98 Å². The molecule has 106 valence electrons. The molecule has 2 aromatic rings. The fraction of sp³-hybridized carbons (Fsp3) is 0.214. The van der Waals surface area contributed by atoms with E-state index in [1.807, 2.05) is 19.9 Å². The Balaban J connectivity index is 2.41. The van der Waals surface area contributed by atoms with Crippen molar-refractivity contribution in [2.75, 3.05) is 5.73 Å². The molecule has 1 aromatic carbocycles. The van der Waals surface area contributed by atoms with Crippen LogP contribution < -0.4 is 10.5 Å². The first kappa shape index (κ1) is 14.2. The van der Waals surface area contributed by atoms with E-state index in [9.17, 15) is 13.2 Å². The summed E-state index contributed by atoms with van der Waals surface area (Å²) in [6.45, 7) is 3.71. The van der Waals surface area contributed by atoms with Crippen LogP contribution in [0.1, 0.15) is 16.7 Å². The van der Waals surface area contributed by atoms with Crippen molar-refractivity contribution >= 4 is 5.82 Å². The lowest BCUT2D eigenvalue weighted by atomic mass is 10.1. The van der Waals surface area contributed by atoms with Crippen molar-refractivity contribution in [3.05, 3.63) is 47.2 Å². The number of hydrogen-bond acceptors (Lipinski definition) is 3. The van der Waals surface area contributed by atoms with Gasteiger partial charge < -0.3 is 10.5 Å². The first-order valence-corrected chi connectivity index (χ1v) is 5.86. The monoisotopic (exact) mass is 282 g/mol. The zero-order valence-corrected chi connectivity index (χ0v) is 11.0. The van der Waals surface area contributed by atoms with Crippen molar-refractivity contribution in [3.63, 3.8) is 0 Å². The van der Waals surface area contributed by atoms with Gasteiger partial charge in [0.25, 0.3) is 0 Å². The van der Waals surface area contributed by atoms with Crippen LogP contribution in [-0.4, -0.2) is 4.98 Å². The van der Waals surface area contributed by atoms with Gasteiger partial charge in [0.15, 0.2) is 11.6 Å². The topological polar surface area (TPSA) is 48.1 Å². The Bertz CT molecular complexity index is 639. The van der Waals surface area contributed by atoms with Crippen molar-refractivity contribution < 1.29 is 17.9 Å². The Morgan fingerprint density at radius 3 is 2.50 bits per heavy atom. The fourth-order valence-electron chi connectivity index (χ4n) is 1.65. The zero-order chi connectivity index (χ0) is 14.9. The smallest absolute Gasteiger partial charge is 0.418 e. The van der Waals surface area contributed by atoms with Gasteiger partial charge in [-0.05, 0) is 37.1 Å². The second-order valence-corrected chi connectivity index (χ2v) is 4.41. The van der Waals surface area contributed by atoms with Gasteiger partial charge in [0, 0.05) is 6.20 Å². The van der Waals surface area contributed by atoms with Gasteiger partial charge >= 0.3 is 6.18 Å². The molecule has 0 atom stereocenters. The molecule has 0 aliphatic carbocycles. The summed E-state index contributed by atoms with van der Waals surface area (Å²) in [7, 11) is 0. The van der Waals surface area contributed by atoms with Crippen LogP contribution in [0.4, 0.5) is 19.0 Å². The van der Waals surface area contributed by atoms with E-state index in [1.54, 1.807) is 12.1 Å². The maximum Gasteiger partial charge on any atom is 0.418 e. The number of anilines is 1. The number of hydrogen-bond donors (Lipinski definition) is 1. The molecule has 0 bridgehead atoms. The minimum Gasteiger partial charge on any atom is -0.453 e. The summed E-state index contributed by atoms with van der Waals surface area (Å²) in [6, 6.07) is 6.16. The van der Waals surface area contributed by atoms with Crippen LogP contribution in [0.5, 0.6) is 11.5 Å². The summed E-state index contributed by atoms with van der Waals surface area (Å²) >= 11 is 0. The number of alkyl halides is 3. The van der Waals surface area contributed by atoms with E-state index in [2.05, 4.69) is 4.98 Å². The van der Waals surface area contributed by atoms with Gasteiger partial charge in [-0.3, -0.25) is 0 Å². The van der Waals surface area contributed by atoms with Crippen LogP contribution in [0.15, 0.2) is 30.5 Å². The van der Waals surface area contributed by atoms with E-state index >= 15 is 0 Å². The Labute approximate surface area is 114 Å². The number of benzene rings is 1. The van der Waals surface area contributed by atoms with Crippen molar-refractivity contribution in [1.82, 2.24) is 4.98 Å². The lowest BCUT2D eigenvalue weighted by Crippen LogP contribution is -2.07. The van der Waals surface area contributed by atoms with E-state index in [1.165, 1.54) is 0 Å². The minimum absolute atomic E-state index is 0.0843. The van der Waals surface area contributed by atoms with Crippen molar-refractivity contribution in [2.24, 2.45) is 0 Å². The number of halogens is 3. The first-order chi connectivity index (χ1) is 9.29. The van der Waals surface area contributed by atoms with Gasteiger partial charge in [-0.15, -0.1) is 0 Å². The molecule has 6 heteroatoms. The number of rotatable bonds is 2. The average Bonchev–Trinajstić information content (AvgIpc) is 2.36. The van der Waals surface area contributed by atoms with Crippen molar-refractivity contribution in [1.29, 1.82) is 0 Å². The predicted octanol–water partition coefficient (Wildman–Crippen LogP) is 4.09. The molecule has 20 heavy (non-hydrogen) atoms. The summed E-state index contributed by atoms with van der Waals surface area (Å²) in [4.78, 5) is 3.53. The van der Waals surface area contributed by atoms with Gasteiger partial charge in [-0.1, -0.05) is 12.1 Å². The number of ether oxygens (including phenoxy) is 1. The highest BCUT2D eigenvalue weighted by atomic mass is 19.4. The lowest BCUT2D eigenvalue weighted by molar-refractivity contribution is -0.137. The van der Waals surface area contributed by atoms with Crippen LogP contribution in [0.25, 0.3) is 0 Å². The van der Waals surface area contributed by atoms with E-state index < -0.39 is 11.7 Å². The number of aromatic nitrogens is 1. The van der Waals surface area contributed by atoms with Gasteiger partial charge in [0.1, 0.15) is 5.75 Å². The summed E-state index contributed by atoms with van der Waals surface area (Å²) in [5.74, 6) is 0.269. The van der Waals surface area contributed by atoms with Crippen LogP contribution >= 0.6 is 0 Å². The molecular formula is C14H13F3N2O. The molecule has 0 aliphatic heterocycles. The molecule has 1 heterocycles. The number of aryl methyl sites for hydroxylation is 1. The molecule has 0 saturated carbocycles. The van der Waals surface area contributed by atoms with Crippen LogP contribution in [-0.2, 0) is 6.18 Å². The molecule has 3 nitrogen and oxygen atoms in total. The van der Waals surface area contributed by atoms with E-state index in [0.29, 0.717) is 11.9 Å². The molecule has 0 aliphatic rings. The highest BCUT2D eigenvalue weighted by Crippen LogP contribution is 2.35. The third kappa shape index (κ3) is 2.84. The SMILES string of the molecule is Cc1cccc(Oc2cc(C(F)(F)F)cnc2N)c1C. The molecule has 0 saturated heterocycles. The van der Waals surface area contributed by atoms with E-state index in [4.69, 9.17) is 10.5 Å². The van der Waals surface area contributed by atoms with Gasteiger partial charge in [-0.2, -0.15) is 13.2 Å². The summed E-state index contributed by atoms with van der Waals surface area (Å²) in [6.07, 6.45) is -3.80. The molecule has 1 aromatic heterocycles. The molecule has 0 unspecified atom stereocenters. The standard InChI is InChI=1S/C14H13F3N2O/c1-8-4-3-5-11(9(8)2)20-12-6-10(14(15,16)17)7-19-13(12)18/h3-7H,1-2H3,(H2,18,19). The molecule has 2 rings (SSSR count). The van der Waals surface area contributed by atoms with Gasteiger partial charge in [0.05, 0.1) is 5.56 Å². The third-order valence-corrected chi connectivity index (χ3v) is 2.98. The molecule has 0 fully saturated rings. The normalized spacial score (nSPS) is 11.4. The van der Waals surface area contributed by atoms with E-state index in [-0.39, 0.29) is 11.6 Å². The van der Waals surface area contributed by atoms with Gasteiger partial charge in [0.2, 0.25) is 0 Å². The number of nitrogen functional groups attached to an aromatic ring is 1. The van der Waals surface area contributed by atoms with E-state index in [0.717, 1.165) is 17.2 Å². The highest BCUT2D eigenvalue weighted by Gasteiger charge is 2.32. The summed E-state index contributed by atoms with van der Waals surface area (Å²) < 4.78 is 43.4. The number of nitrogens with two attached hydrogens (primary N) is 1. The largest absolute Gasteiger partial charge is 0.453 e. The third-order valence-electron chi connectivity index (χ3n) is 2.98. The summed E-state index contributed by atoms with van der Waals surface area (Å²) in [5, 5.41) is 0. The lowest BCUT2D eigenvalue weighted by Gasteiger charge is -2.13. The van der Waals surface area contributed by atoms with Crippen molar-refractivity contribution in [2.45, 2.75) is 20.0 Å². The highest BCUT2D eigenvalue weighted by molar-refractivity contribution is 5.51. The molecule has 0 amide bonds. The Morgan fingerprint density at radius 2 is 1.85 bits per heavy atom. The second-order valence-electron chi connectivity index (χ2n) is 4.41. The number of nitrogens with zero attached hydrogens (tertiary/aromatic N) is 1. The molecule has 0 spiro atoms. The molecule has 2 N–H and O–H groups in total. The van der Waals surface area contributed by atoms with Crippen molar-refractivity contribution in [3.8, 4) is 11.5 Å². The average molecular weight is 282 g/mol. The van der Waals surface area contributed by atoms with Crippen LogP contribution in [0.3, 0.4) is 0 Å². The number of pyridine rings is 1. The zero-order valence-electron chi connectivity index (χ0n) is 11.0. The Kier molecular flexibility index (Phi) is 3.57. The predicted molar refractivity (Wildman–Crippen MR) is 69.6 cm³/mol. The molecule has 0 radical (unpaired) electrons. The quantitative estimate of drug-likeness (QED) is 0.902. The van der Waals surface area contributed by atoms with Crippen LogP contribution in [0.2, 0.25) is 0 Å². The maximum atomic E-state index is 12.6. The molecular weight excluding hydrogens is 269 g/mol. The van der Waals surface area contributed by atoms with Crippen LogP contribution in [0, 0.1) is 13.8 Å². The summed E-state index contributed by atoms with van der Waals surface area (Å²) in [5.41, 5.74) is 6.48. The second kappa shape index (κ2) is 5.03. The fourth-order valence-corrected chi connectivity index (χ4v) is 1.65.